The van der Waals surface area contributed by atoms with Gasteiger partial charge in [0.2, 0.25) is 5.88 Å². The van der Waals surface area contributed by atoms with Crippen molar-refractivity contribution in [3.63, 3.8) is 0 Å². The predicted molar refractivity (Wildman–Crippen MR) is 108 cm³/mol. The Morgan fingerprint density at radius 2 is 1.79 bits per heavy atom. The Morgan fingerprint density at radius 3 is 2.46 bits per heavy atom. The summed E-state index contributed by atoms with van der Waals surface area (Å²) in [5, 5.41) is 15.1. The molecule has 6 nitrogen and oxygen atoms in total. The van der Waals surface area contributed by atoms with Crippen LogP contribution in [0.15, 0.2) is 48.8 Å². The molecule has 0 saturated carbocycles. The first kappa shape index (κ1) is 18.7. The van der Waals surface area contributed by atoms with Crippen molar-refractivity contribution in [2.75, 3.05) is 18.5 Å². The highest BCUT2D eigenvalue weighted by molar-refractivity contribution is 5.94. The van der Waals surface area contributed by atoms with Crippen LogP contribution in [0.5, 0.6) is 5.88 Å². The Morgan fingerprint density at radius 1 is 1.04 bits per heavy atom. The van der Waals surface area contributed by atoms with Crippen LogP contribution in [0, 0.1) is 5.92 Å². The number of anilines is 1. The summed E-state index contributed by atoms with van der Waals surface area (Å²) in [7, 11) is 0. The van der Waals surface area contributed by atoms with Crippen LogP contribution in [-0.4, -0.2) is 40.6 Å². The zero-order valence-corrected chi connectivity index (χ0v) is 16.1. The summed E-state index contributed by atoms with van der Waals surface area (Å²) in [5.74, 6) is 1.21. The first-order valence-electron chi connectivity index (χ1n) is 9.60. The zero-order valence-electron chi connectivity index (χ0n) is 16.1. The Bertz CT molecular complexity index is 935. The minimum Gasteiger partial charge on any atom is -0.493 e. The van der Waals surface area contributed by atoms with Crippen molar-refractivity contribution in [3.8, 4) is 5.88 Å². The normalized spacial score (nSPS) is 19.8. The number of hydrogen-bond donors (Lipinski definition) is 2. The molecule has 2 N–H and O–H groups in total. The lowest BCUT2D eigenvalue weighted by molar-refractivity contribution is -0.202. The zero-order chi connectivity index (χ0) is 19.5. The van der Waals surface area contributed by atoms with Gasteiger partial charge in [0.05, 0.1) is 19.3 Å². The molecule has 0 spiro atoms. The highest BCUT2D eigenvalue weighted by atomic mass is 16.7. The number of pyridine rings is 2. The number of nitrogens with zero attached hydrogens (tertiary/aromatic N) is 2. The van der Waals surface area contributed by atoms with Gasteiger partial charge < -0.3 is 19.9 Å². The topological polar surface area (TPSA) is 76.5 Å². The summed E-state index contributed by atoms with van der Waals surface area (Å²) in [6.45, 7) is 5.38. The Labute approximate surface area is 164 Å². The van der Waals surface area contributed by atoms with Gasteiger partial charge in [0.1, 0.15) is 5.82 Å². The van der Waals surface area contributed by atoms with E-state index in [-0.39, 0.29) is 18.2 Å². The van der Waals surface area contributed by atoms with Crippen LogP contribution in [0.3, 0.4) is 0 Å². The summed E-state index contributed by atoms with van der Waals surface area (Å²) in [6, 6.07) is 11.8. The van der Waals surface area contributed by atoms with Gasteiger partial charge in [0.25, 0.3) is 0 Å². The highest BCUT2D eigenvalue weighted by Crippen LogP contribution is 2.27. The number of aromatic nitrogens is 2. The molecular weight excluding hydrogens is 354 g/mol. The van der Waals surface area contributed by atoms with Crippen LogP contribution >= 0.6 is 0 Å². The van der Waals surface area contributed by atoms with Gasteiger partial charge in [-0.3, -0.25) is 0 Å². The van der Waals surface area contributed by atoms with Gasteiger partial charge in [0.15, 0.2) is 6.29 Å². The maximum Gasteiger partial charge on any atom is 0.210 e. The van der Waals surface area contributed by atoms with Crippen LogP contribution in [0.2, 0.25) is 0 Å². The molecule has 0 amide bonds. The molecule has 3 heterocycles. The standard InChI is InChI=1S/C22H25N3O3/c1-14(2)22-27-12-17(13-28-22)25-21-19-6-4-3-5-18(19)16(11-24-21)9-15-7-8-20(26)23-10-15/h3-8,10-11,14,17,22H,9,12-13H2,1-2H3,(H,23,26)(H,24,25). The highest BCUT2D eigenvalue weighted by Gasteiger charge is 2.25. The quantitative estimate of drug-likeness (QED) is 0.703. The molecule has 1 aromatic carbocycles. The Balaban J connectivity index is 1.55. The number of hydrogen-bond acceptors (Lipinski definition) is 6. The molecule has 0 radical (unpaired) electrons. The van der Waals surface area contributed by atoms with Crippen LogP contribution in [0.1, 0.15) is 25.0 Å². The maximum absolute atomic E-state index is 9.38. The molecule has 2 aromatic heterocycles. The molecule has 0 aliphatic carbocycles. The number of fused-ring (bicyclic) bond motifs is 1. The third-order valence-electron chi connectivity index (χ3n) is 4.89. The van der Waals surface area contributed by atoms with Gasteiger partial charge in [-0.2, -0.15) is 0 Å². The number of aromatic hydroxyl groups is 1. The van der Waals surface area contributed by atoms with E-state index in [9.17, 15) is 5.11 Å². The monoisotopic (exact) mass is 379 g/mol. The van der Waals surface area contributed by atoms with Gasteiger partial charge in [-0.15, -0.1) is 0 Å². The van der Waals surface area contributed by atoms with Gasteiger partial charge in [-0.1, -0.05) is 44.2 Å². The second-order valence-corrected chi connectivity index (χ2v) is 7.50. The SMILES string of the molecule is CC(C)C1OCC(Nc2ncc(Cc3ccc(O)nc3)c3ccccc23)CO1. The second-order valence-electron chi connectivity index (χ2n) is 7.50. The largest absolute Gasteiger partial charge is 0.493 e. The number of nitrogens with one attached hydrogen (secondary N) is 1. The van der Waals surface area contributed by atoms with Crippen LogP contribution < -0.4 is 5.32 Å². The maximum atomic E-state index is 9.38. The minimum absolute atomic E-state index is 0.0305. The molecule has 146 valence electrons. The first-order valence-corrected chi connectivity index (χ1v) is 9.60. The van der Waals surface area contributed by atoms with Gasteiger partial charge in [0, 0.05) is 36.2 Å². The average molecular weight is 379 g/mol. The lowest BCUT2D eigenvalue weighted by Crippen LogP contribution is -2.42. The summed E-state index contributed by atoms with van der Waals surface area (Å²) in [5.41, 5.74) is 2.14. The molecule has 0 atom stereocenters. The molecule has 28 heavy (non-hydrogen) atoms. The number of rotatable bonds is 5. The molecule has 3 aromatic rings. The lowest BCUT2D eigenvalue weighted by Gasteiger charge is -2.32. The van der Waals surface area contributed by atoms with E-state index in [1.54, 1.807) is 12.3 Å². The molecule has 6 heteroatoms. The van der Waals surface area contributed by atoms with Crippen molar-refractivity contribution in [1.82, 2.24) is 9.97 Å². The predicted octanol–water partition coefficient (Wildman–Crippen LogP) is 3.74. The van der Waals surface area contributed by atoms with E-state index in [0.717, 1.165) is 27.7 Å². The molecule has 1 saturated heterocycles. The molecular formula is C22H25N3O3. The van der Waals surface area contributed by atoms with E-state index in [2.05, 4.69) is 41.3 Å². The van der Waals surface area contributed by atoms with Gasteiger partial charge in [-0.25, -0.2) is 9.97 Å². The third-order valence-corrected chi connectivity index (χ3v) is 4.89. The van der Waals surface area contributed by atoms with Crippen molar-refractivity contribution in [2.45, 2.75) is 32.6 Å². The van der Waals surface area contributed by atoms with E-state index < -0.39 is 0 Å². The van der Waals surface area contributed by atoms with Crippen molar-refractivity contribution in [1.29, 1.82) is 0 Å². The van der Waals surface area contributed by atoms with Gasteiger partial charge >= 0.3 is 0 Å². The van der Waals surface area contributed by atoms with E-state index in [1.807, 2.05) is 24.4 Å². The molecule has 1 aliphatic rings. The van der Waals surface area contributed by atoms with Crippen molar-refractivity contribution in [2.24, 2.45) is 5.92 Å². The van der Waals surface area contributed by atoms with E-state index >= 15 is 0 Å². The molecule has 0 unspecified atom stereocenters. The van der Waals surface area contributed by atoms with E-state index in [1.165, 1.54) is 0 Å². The first-order chi connectivity index (χ1) is 13.6. The third kappa shape index (κ3) is 4.08. The van der Waals surface area contributed by atoms with Crippen molar-refractivity contribution in [3.05, 3.63) is 59.9 Å². The Hall–Kier alpha value is -2.70. The average Bonchev–Trinajstić information content (AvgIpc) is 2.72. The smallest absolute Gasteiger partial charge is 0.210 e. The summed E-state index contributed by atoms with van der Waals surface area (Å²) >= 11 is 0. The Kier molecular flexibility index (Phi) is 5.41. The van der Waals surface area contributed by atoms with Crippen molar-refractivity contribution < 1.29 is 14.6 Å². The number of ether oxygens (including phenoxy) is 2. The minimum atomic E-state index is -0.135. The van der Waals surface area contributed by atoms with Crippen LogP contribution in [-0.2, 0) is 15.9 Å². The molecule has 1 aliphatic heterocycles. The fourth-order valence-corrected chi connectivity index (χ4v) is 3.43. The number of benzene rings is 1. The van der Waals surface area contributed by atoms with E-state index in [0.29, 0.717) is 25.6 Å². The lowest BCUT2D eigenvalue weighted by atomic mass is 10.0. The fourth-order valence-electron chi connectivity index (χ4n) is 3.43. The van der Waals surface area contributed by atoms with Gasteiger partial charge in [-0.05, 0) is 16.5 Å². The fraction of sp³-hybridized carbons (Fsp3) is 0.364. The summed E-state index contributed by atoms with van der Waals surface area (Å²) in [4.78, 5) is 8.64. The van der Waals surface area contributed by atoms with Crippen molar-refractivity contribution >= 4 is 16.6 Å². The second kappa shape index (κ2) is 8.12. The van der Waals surface area contributed by atoms with Crippen LogP contribution in [0.25, 0.3) is 10.8 Å². The van der Waals surface area contributed by atoms with E-state index in [4.69, 9.17) is 9.47 Å². The molecule has 4 rings (SSSR count). The van der Waals surface area contributed by atoms with Crippen LogP contribution in [0.4, 0.5) is 5.82 Å². The molecule has 1 fully saturated rings. The summed E-state index contributed by atoms with van der Waals surface area (Å²) in [6.07, 6.45) is 4.16. The summed E-state index contributed by atoms with van der Waals surface area (Å²) < 4.78 is 11.6. The molecule has 0 bridgehead atoms.